The molecule has 106 valence electrons. The minimum absolute atomic E-state index is 0.167. The fourth-order valence-corrected chi connectivity index (χ4v) is 1.67. The van der Waals surface area contributed by atoms with Gasteiger partial charge in [0.1, 0.15) is 6.61 Å². The zero-order valence-corrected chi connectivity index (χ0v) is 11.7. The molecule has 0 saturated heterocycles. The summed E-state index contributed by atoms with van der Waals surface area (Å²) >= 11 is 6.06. The average Bonchev–Trinajstić information content (AvgIpc) is 2.37. The molecule has 1 aromatic carbocycles. The number of nitrogens with one attached hydrogen (secondary N) is 1. The van der Waals surface area contributed by atoms with E-state index < -0.39 is 0 Å². The number of amides is 1. The van der Waals surface area contributed by atoms with Crippen molar-refractivity contribution in [3.8, 4) is 5.75 Å². The third kappa shape index (κ3) is 5.46. The van der Waals surface area contributed by atoms with Gasteiger partial charge in [-0.3, -0.25) is 4.79 Å². The first kappa shape index (κ1) is 15.8. The number of anilines is 1. The summed E-state index contributed by atoms with van der Waals surface area (Å²) in [4.78, 5) is 11.5. The summed E-state index contributed by atoms with van der Waals surface area (Å²) < 4.78 is 10.7. The molecule has 1 amide bonds. The Hall–Kier alpha value is -1.30. The number of halogens is 1. The first-order chi connectivity index (χ1) is 9.19. The summed E-state index contributed by atoms with van der Waals surface area (Å²) in [7, 11) is 0. The second-order valence-electron chi connectivity index (χ2n) is 3.75. The van der Waals surface area contributed by atoms with Crippen LogP contribution >= 0.6 is 11.6 Å². The molecule has 5 nitrogen and oxygen atoms in total. The predicted molar refractivity (Wildman–Crippen MR) is 75.7 cm³/mol. The number of carbonyl (C=O) groups excluding carboxylic acids is 1. The quantitative estimate of drug-likeness (QED) is 0.717. The summed E-state index contributed by atoms with van der Waals surface area (Å²) in [6.07, 6.45) is 0.255. The van der Waals surface area contributed by atoms with Gasteiger partial charge in [-0.25, -0.2) is 0 Å². The van der Waals surface area contributed by atoms with Crippen molar-refractivity contribution in [3.05, 3.63) is 23.2 Å². The van der Waals surface area contributed by atoms with E-state index in [0.29, 0.717) is 42.8 Å². The molecule has 0 heterocycles. The smallest absolute Gasteiger partial charge is 0.225 e. The van der Waals surface area contributed by atoms with Crippen LogP contribution < -0.4 is 15.8 Å². The van der Waals surface area contributed by atoms with Crippen LogP contribution in [0, 0.1) is 0 Å². The molecule has 0 aromatic heterocycles. The predicted octanol–water partition coefficient (Wildman–Crippen LogP) is 2.04. The maximum atomic E-state index is 11.5. The van der Waals surface area contributed by atoms with Gasteiger partial charge in [-0.05, 0) is 19.1 Å². The van der Waals surface area contributed by atoms with Crippen molar-refractivity contribution in [2.75, 3.05) is 31.7 Å². The lowest BCUT2D eigenvalue weighted by Crippen LogP contribution is -2.17. The number of benzene rings is 1. The lowest BCUT2D eigenvalue weighted by atomic mass is 10.2. The Morgan fingerprint density at radius 2 is 2.21 bits per heavy atom. The highest BCUT2D eigenvalue weighted by atomic mass is 35.5. The van der Waals surface area contributed by atoms with Crippen molar-refractivity contribution in [2.24, 2.45) is 5.73 Å². The number of ether oxygens (including phenoxy) is 2. The number of rotatable bonds is 8. The molecule has 0 radical (unpaired) electrons. The number of carbonyl (C=O) groups is 1. The van der Waals surface area contributed by atoms with Gasteiger partial charge >= 0.3 is 0 Å². The van der Waals surface area contributed by atoms with E-state index in [4.69, 9.17) is 26.8 Å². The van der Waals surface area contributed by atoms with Gasteiger partial charge in [-0.1, -0.05) is 17.7 Å². The molecule has 0 saturated carbocycles. The average molecular weight is 287 g/mol. The maximum Gasteiger partial charge on any atom is 0.225 e. The number of para-hydroxylation sites is 1. The van der Waals surface area contributed by atoms with Crippen LogP contribution in [0.5, 0.6) is 5.75 Å². The Morgan fingerprint density at radius 1 is 1.42 bits per heavy atom. The van der Waals surface area contributed by atoms with Gasteiger partial charge in [0.2, 0.25) is 5.91 Å². The summed E-state index contributed by atoms with van der Waals surface area (Å²) in [6.45, 7) is 3.68. The molecule has 19 heavy (non-hydrogen) atoms. The van der Waals surface area contributed by atoms with Gasteiger partial charge in [0.05, 0.1) is 17.3 Å². The topological polar surface area (TPSA) is 73.6 Å². The number of hydrogen-bond donors (Lipinski definition) is 2. The lowest BCUT2D eigenvalue weighted by Gasteiger charge is -2.13. The highest BCUT2D eigenvalue weighted by Gasteiger charge is 2.11. The van der Waals surface area contributed by atoms with E-state index in [1.807, 2.05) is 6.92 Å². The molecule has 1 aromatic rings. The SMILES string of the molecule is CCOCCOc1c(Cl)cccc1NC(=O)CCN. The van der Waals surface area contributed by atoms with Gasteiger partial charge in [0.25, 0.3) is 0 Å². The molecule has 6 heteroatoms. The van der Waals surface area contributed by atoms with Crippen LogP contribution in [0.3, 0.4) is 0 Å². The summed E-state index contributed by atoms with van der Waals surface area (Å²) in [5, 5.41) is 3.17. The number of nitrogens with two attached hydrogens (primary N) is 1. The van der Waals surface area contributed by atoms with Crippen molar-refractivity contribution in [1.82, 2.24) is 0 Å². The van der Waals surface area contributed by atoms with Crippen LogP contribution in [0.15, 0.2) is 18.2 Å². The molecule has 0 spiro atoms. The van der Waals surface area contributed by atoms with Crippen molar-refractivity contribution < 1.29 is 14.3 Å². The van der Waals surface area contributed by atoms with E-state index in [1.165, 1.54) is 0 Å². The highest BCUT2D eigenvalue weighted by Crippen LogP contribution is 2.32. The lowest BCUT2D eigenvalue weighted by molar-refractivity contribution is -0.116. The molecule has 1 rings (SSSR count). The minimum atomic E-state index is -0.167. The molecule has 0 unspecified atom stereocenters. The zero-order valence-electron chi connectivity index (χ0n) is 10.9. The van der Waals surface area contributed by atoms with E-state index >= 15 is 0 Å². The van der Waals surface area contributed by atoms with Crippen LogP contribution in [0.4, 0.5) is 5.69 Å². The number of hydrogen-bond acceptors (Lipinski definition) is 4. The summed E-state index contributed by atoms with van der Waals surface area (Å²) in [5.74, 6) is 0.286. The van der Waals surface area contributed by atoms with Crippen LogP contribution in [0.25, 0.3) is 0 Å². The van der Waals surface area contributed by atoms with Gasteiger partial charge in [0.15, 0.2) is 5.75 Å². The molecule has 0 bridgehead atoms. The van der Waals surface area contributed by atoms with Gasteiger partial charge in [0, 0.05) is 19.6 Å². The van der Waals surface area contributed by atoms with Gasteiger partial charge < -0.3 is 20.5 Å². The first-order valence-electron chi connectivity index (χ1n) is 6.18. The zero-order chi connectivity index (χ0) is 14.1. The Bertz CT molecular complexity index is 413. The normalized spacial score (nSPS) is 10.3. The van der Waals surface area contributed by atoms with Gasteiger partial charge in [-0.15, -0.1) is 0 Å². The van der Waals surface area contributed by atoms with Crippen LogP contribution in [0.2, 0.25) is 5.02 Å². The van der Waals surface area contributed by atoms with Crippen molar-refractivity contribution in [3.63, 3.8) is 0 Å². The molecule has 0 aliphatic heterocycles. The van der Waals surface area contributed by atoms with Crippen molar-refractivity contribution >= 4 is 23.2 Å². The molecule has 0 aliphatic carbocycles. The van der Waals surface area contributed by atoms with E-state index in [-0.39, 0.29) is 12.3 Å². The fourth-order valence-electron chi connectivity index (χ4n) is 1.44. The first-order valence-corrected chi connectivity index (χ1v) is 6.55. The minimum Gasteiger partial charge on any atom is -0.487 e. The fraction of sp³-hybridized carbons (Fsp3) is 0.462. The molecule has 0 aliphatic rings. The third-order valence-electron chi connectivity index (χ3n) is 2.29. The Morgan fingerprint density at radius 3 is 2.89 bits per heavy atom. The molecular weight excluding hydrogens is 268 g/mol. The largest absolute Gasteiger partial charge is 0.487 e. The van der Waals surface area contributed by atoms with Crippen LogP contribution in [0.1, 0.15) is 13.3 Å². The van der Waals surface area contributed by atoms with E-state index in [2.05, 4.69) is 5.32 Å². The van der Waals surface area contributed by atoms with Gasteiger partial charge in [-0.2, -0.15) is 0 Å². The van der Waals surface area contributed by atoms with Crippen molar-refractivity contribution in [2.45, 2.75) is 13.3 Å². The van der Waals surface area contributed by atoms with E-state index in [0.717, 1.165) is 0 Å². The molecule has 0 atom stereocenters. The Labute approximate surface area is 118 Å². The monoisotopic (exact) mass is 286 g/mol. The Balaban J connectivity index is 2.68. The van der Waals surface area contributed by atoms with Crippen LogP contribution in [-0.4, -0.2) is 32.3 Å². The standard InChI is InChI=1S/C13H19ClN2O3/c1-2-18-8-9-19-13-10(14)4-3-5-11(13)16-12(17)6-7-15/h3-5H,2,6-9,15H2,1H3,(H,16,17). The second kappa shape index (κ2) is 8.74. The summed E-state index contributed by atoms with van der Waals surface area (Å²) in [6, 6.07) is 5.18. The van der Waals surface area contributed by atoms with E-state index in [1.54, 1.807) is 18.2 Å². The van der Waals surface area contributed by atoms with E-state index in [9.17, 15) is 4.79 Å². The van der Waals surface area contributed by atoms with Crippen molar-refractivity contribution in [1.29, 1.82) is 0 Å². The Kier molecular flexibility index (Phi) is 7.25. The molecule has 0 fully saturated rings. The van der Waals surface area contributed by atoms with Crippen LogP contribution in [-0.2, 0) is 9.53 Å². The molecular formula is C13H19ClN2O3. The third-order valence-corrected chi connectivity index (χ3v) is 2.59. The summed E-state index contributed by atoms with van der Waals surface area (Å²) in [5.41, 5.74) is 5.87. The molecule has 3 N–H and O–H groups in total. The maximum absolute atomic E-state index is 11.5. The highest BCUT2D eigenvalue weighted by molar-refractivity contribution is 6.32. The second-order valence-corrected chi connectivity index (χ2v) is 4.16.